The fraction of sp³-hybridized carbons (Fsp3) is 0.316. The first kappa shape index (κ1) is 20.5. The van der Waals surface area contributed by atoms with Gasteiger partial charge in [0.1, 0.15) is 17.7 Å². The summed E-state index contributed by atoms with van der Waals surface area (Å²) in [6.45, 7) is 2.04. The standard InChI is InChI=1S/C19H20ClFN2O2.ClH/c1-23-9-7-15(8-10-23)25-16-4-2-3-14(12-16)22-19(24)17-6-5-13(21)11-18(17)20;/h2-6,11-12,15H,7-10H2,1H3,(H,22,24);1H. The first-order valence-electron chi connectivity index (χ1n) is 8.23. The van der Waals surface area contributed by atoms with Gasteiger partial charge in [-0.25, -0.2) is 4.39 Å². The second-order valence-corrected chi connectivity index (χ2v) is 6.63. The summed E-state index contributed by atoms with van der Waals surface area (Å²) in [6, 6.07) is 11.0. The number of ether oxygens (including phenoxy) is 1. The minimum absolute atomic E-state index is 0. The molecule has 1 saturated heterocycles. The van der Waals surface area contributed by atoms with Crippen LogP contribution >= 0.6 is 24.0 Å². The van der Waals surface area contributed by atoms with Crippen LogP contribution in [0, 0.1) is 5.82 Å². The summed E-state index contributed by atoms with van der Waals surface area (Å²) in [4.78, 5) is 14.6. The van der Waals surface area contributed by atoms with Crippen LogP contribution in [0.25, 0.3) is 0 Å². The van der Waals surface area contributed by atoms with Gasteiger partial charge in [0.25, 0.3) is 5.91 Å². The fourth-order valence-electron chi connectivity index (χ4n) is 2.81. The van der Waals surface area contributed by atoms with E-state index in [0.29, 0.717) is 5.69 Å². The molecule has 0 aromatic heterocycles. The van der Waals surface area contributed by atoms with E-state index in [9.17, 15) is 9.18 Å². The quantitative estimate of drug-likeness (QED) is 0.816. The van der Waals surface area contributed by atoms with E-state index in [2.05, 4.69) is 17.3 Å². The highest BCUT2D eigenvalue weighted by Crippen LogP contribution is 2.23. The normalized spacial score (nSPS) is 15.2. The number of amides is 1. The van der Waals surface area contributed by atoms with Gasteiger partial charge in [-0.05, 0) is 50.2 Å². The zero-order valence-corrected chi connectivity index (χ0v) is 15.9. The van der Waals surface area contributed by atoms with Crippen molar-refractivity contribution in [3.63, 3.8) is 0 Å². The van der Waals surface area contributed by atoms with Gasteiger partial charge in [-0.1, -0.05) is 17.7 Å². The number of halogens is 3. The van der Waals surface area contributed by atoms with Gasteiger partial charge in [0.05, 0.1) is 10.6 Å². The summed E-state index contributed by atoms with van der Waals surface area (Å²) >= 11 is 5.93. The Morgan fingerprint density at radius 1 is 1.23 bits per heavy atom. The van der Waals surface area contributed by atoms with Crippen LogP contribution in [-0.2, 0) is 0 Å². The fourth-order valence-corrected chi connectivity index (χ4v) is 3.07. The summed E-state index contributed by atoms with van der Waals surface area (Å²) in [5, 5.41) is 2.85. The van der Waals surface area contributed by atoms with Gasteiger partial charge in [-0.3, -0.25) is 4.79 Å². The number of nitrogens with one attached hydrogen (secondary N) is 1. The number of piperidine rings is 1. The van der Waals surface area contributed by atoms with E-state index >= 15 is 0 Å². The van der Waals surface area contributed by atoms with Crippen LogP contribution in [-0.4, -0.2) is 37.0 Å². The summed E-state index contributed by atoms with van der Waals surface area (Å²) in [5.74, 6) is -0.144. The Morgan fingerprint density at radius 2 is 1.96 bits per heavy atom. The van der Waals surface area contributed by atoms with Crippen LogP contribution in [0.15, 0.2) is 42.5 Å². The number of nitrogens with zero attached hydrogens (tertiary/aromatic N) is 1. The molecule has 4 nitrogen and oxygen atoms in total. The second-order valence-electron chi connectivity index (χ2n) is 6.23. The lowest BCUT2D eigenvalue weighted by Crippen LogP contribution is -2.35. The minimum atomic E-state index is -0.477. The topological polar surface area (TPSA) is 41.6 Å². The zero-order chi connectivity index (χ0) is 17.8. The summed E-state index contributed by atoms with van der Waals surface area (Å²) in [5.41, 5.74) is 0.834. The molecular formula is C19H21Cl2FN2O2. The van der Waals surface area contributed by atoms with Gasteiger partial charge in [0, 0.05) is 24.8 Å². The molecular weight excluding hydrogens is 378 g/mol. The lowest BCUT2D eigenvalue weighted by atomic mass is 10.1. The number of carbonyl (C=O) groups excluding carboxylic acids is 1. The Morgan fingerprint density at radius 3 is 2.65 bits per heavy atom. The molecule has 0 aliphatic carbocycles. The number of likely N-dealkylation sites (tertiary alicyclic amines) is 1. The Balaban J connectivity index is 0.00000243. The second kappa shape index (κ2) is 9.21. The molecule has 0 saturated carbocycles. The van der Waals surface area contributed by atoms with E-state index in [1.54, 1.807) is 12.1 Å². The molecule has 1 fully saturated rings. The molecule has 0 spiro atoms. The SMILES string of the molecule is CN1CCC(Oc2cccc(NC(=O)c3ccc(F)cc3Cl)c2)CC1.Cl. The van der Waals surface area contributed by atoms with Crippen LogP contribution in [0.2, 0.25) is 5.02 Å². The van der Waals surface area contributed by atoms with Crippen molar-refractivity contribution in [1.82, 2.24) is 4.90 Å². The Hall–Kier alpha value is -1.82. The maximum atomic E-state index is 13.1. The highest BCUT2D eigenvalue weighted by molar-refractivity contribution is 6.34. The number of carbonyl (C=O) groups is 1. The minimum Gasteiger partial charge on any atom is -0.490 e. The van der Waals surface area contributed by atoms with Crippen LogP contribution in [0.1, 0.15) is 23.2 Å². The Kier molecular flexibility index (Phi) is 7.26. The van der Waals surface area contributed by atoms with Gasteiger partial charge in [0.15, 0.2) is 0 Å². The Labute approximate surface area is 163 Å². The van der Waals surface area contributed by atoms with Gasteiger partial charge in [-0.2, -0.15) is 0 Å². The number of rotatable bonds is 4. The highest BCUT2D eigenvalue weighted by atomic mass is 35.5. The van der Waals surface area contributed by atoms with Crippen molar-refractivity contribution in [3.8, 4) is 5.75 Å². The average Bonchev–Trinajstić information content (AvgIpc) is 2.57. The van der Waals surface area contributed by atoms with E-state index in [0.717, 1.165) is 37.7 Å². The molecule has 7 heteroatoms. The van der Waals surface area contributed by atoms with Crippen LogP contribution in [0.5, 0.6) is 5.75 Å². The monoisotopic (exact) mass is 398 g/mol. The van der Waals surface area contributed by atoms with Crippen molar-refractivity contribution in [1.29, 1.82) is 0 Å². The third kappa shape index (κ3) is 5.34. The lowest BCUT2D eigenvalue weighted by molar-refractivity contribution is 0.102. The number of benzene rings is 2. The predicted molar refractivity (Wildman–Crippen MR) is 104 cm³/mol. The molecule has 140 valence electrons. The molecule has 2 aromatic rings. The van der Waals surface area contributed by atoms with Crippen molar-refractivity contribution >= 4 is 35.6 Å². The number of hydrogen-bond donors (Lipinski definition) is 1. The van der Waals surface area contributed by atoms with Crippen molar-refractivity contribution in [2.45, 2.75) is 18.9 Å². The molecule has 1 aliphatic rings. The molecule has 1 N–H and O–H groups in total. The zero-order valence-electron chi connectivity index (χ0n) is 14.4. The molecule has 0 atom stereocenters. The van der Waals surface area contributed by atoms with E-state index in [4.69, 9.17) is 16.3 Å². The van der Waals surface area contributed by atoms with E-state index in [-0.39, 0.29) is 35.0 Å². The van der Waals surface area contributed by atoms with E-state index < -0.39 is 5.82 Å². The van der Waals surface area contributed by atoms with Crippen molar-refractivity contribution in [2.75, 3.05) is 25.5 Å². The Bertz CT molecular complexity index is 765. The van der Waals surface area contributed by atoms with Crippen molar-refractivity contribution in [3.05, 3.63) is 58.9 Å². The first-order valence-corrected chi connectivity index (χ1v) is 8.61. The van der Waals surface area contributed by atoms with E-state index in [1.807, 2.05) is 12.1 Å². The van der Waals surface area contributed by atoms with Crippen LogP contribution in [0.4, 0.5) is 10.1 Å². The predicted octanol–water partition coefficient (Wildman–Crippen LogP) is 4.63. The molecule has 2 aromatic carbocycles. The molecule has 0 radical (unpaired) electrons. The summed E-state index contributed by atoms with van der Waals surface area (Å²) in [6.07, 6.45) is 2.16. The highest BCUT2D eigenvalue weighted by Gasteiger charge is 2.18. The van der Waals surface area contributed by atoms with Gasteiger partial charge in [0.2, 0.25) is 0 Å². The molecule has 0 unspecified atom stereocenters. The van der Waals surface area contributed by atoms with Gasteiger partial charge in [-0.15, -0.1) is 12.4 Å². The van der Waals surface area contributed by atoms with Crippen LogP contribution in [0.3, 0.4) is 0 Å². The molecule has 1 aliphatic heterocycles. The largest absolute Gasteiger partial charge is 0.490 e. The van der Waals surface area contributed by atoms with Crippen molar-refractivity contribution in [2.24, 2.45) is 0 Å². The summed E-state index contributed by atoms with van der Waals surface area (Å²) in [7, 11) is 2.10. The average molecular weight is 399 g/mol. The maximum Gasteiger partial charge on any atom is 0.257 e. The lowest BCUT2D eigenvalue weighted by Gasteiger charge is -2.29. The molecule has 1 amide bonds. The smallest absolute Gasteiger partial charge is 0.257 e. The molecule has 1 heterocycles. The number of anilines is 1. The molecule has 26 heavy (non-hydrogen) atoms. The van der Waals surface area contributed by atoms with Crippen LogP contribution < -0.4 is 10.1 Å². The molecule has 0 bridgehead atoms. The van der Waals surface area contributed by atoms with Crippen molar-refractivity contribution < 1.29 is 13.9 Å². The summed E-state index contributed by atoms with van der Waals surface area (Å²) < 4.78 is 19.1. The third-order valence-electron chi connectivity index (χ3n) is 4.24. The first-order chi connectivity index (χ1) is 12.0. The third-order valence-corrected chi connectivity index (χ3v) is 4.55. The van der Waals surface area contributed by atoms with E-state index in [1.165, 1.54) is 12.1 Å². The molecule has 3 rings (SSSR count). The maximum absolute atomic E-state index is 13.1. The van der Waals surface area contributed by atoms with Gasteiger partial charge >= 0.3 is 0 Å². The number of hydrogen-bond acceptors (Lipinski definition) is 3. The van der Waals surface area contributed by atoms with Gasteiger partial charge < -0.3 is 15.0 Å².